The first-order valence-corrected chi connectivity index (χ1v) is 3.53. The van der Waals surface area contributed by atoms with Crippen molar-refractivity contribution < 1.29 is 4.74 Å². The van der Waals surface area contributed by atoms with Gasteiger partial charge in [0.1, 0.15) is 5.75 Å². The molecule has 0 unspecified atom stereocenters. The van der Waals surface area contributed by atoms with Crippen LogP contribution in [0.15, 0.2) is 23.4 Å². The summed E-state index contributed by atoms with van der Waals surface area (Å²) in [4.78, 5) is 4.07. The van der Waals surface area contributed by atoms with Crippen molar-refractivity contribution in [3.8, 4) is 5.75 Å². The normalized spacial score (nSPS) is 11.3. The molecule has 0 fully saturated rings. The number of rotatable bonds is 2. The van der Waals surface area contributed by atoms with Gasteiger partial charge in [0.25, 0.3) is 0 Å². The number of pyridine rings is 1. The fourth-order valence-electron chi connectivity index (χ4n) is 0.802. The standard InChI is InChI=1S/C8H11N3O/c1-6(11-9)8-5-7(12-2)3-4-10-8/h3-5H,9H2,1-2H3/b11-6-. The molecule has 64 valence electrons. The summed E-state index contributed by atoms with van der Waals surface area (Å²) in [6.07, 6.45) is 1.66. The minimum Gasteiger partial charge on any atom is -0.497 e. The Bertz CT molecular complexity index is 296. The summed E-state index contributed by atoms with van der Waals surface area (Å²) in [6, 6.07) is 3.55. The molecule has 1 aromatic rings. The monoisotopic (exact) mass is 165 g/mol. The van der Waals surface area contributed by atoms with Crippen molar-refractivity contribution in [3.05, 3.63) is 24.0 Å². The highest BCUT2D eigenvalue weighted by atomic mass is 16.5. The quantitative estimate of drug-likeness (QED) is 0.400. The highest BCUT2D eigenvalue weighted by Crippen LogP contribution is 2.09. The molecule has 0 amide bonds. The summed E-state index contributed by atoms with van der Waals surface area (Å²) in [5.74, 6) is 5.86. The Morgan fingerprint density at radius 2 is 2.42 bits per heavy atom. The van der Waals surface area contributed by atoms with Crippen molar-refractivity contribution >= 4 is 5.71 Å². The van der Waals surface area contributed by atoms with E-state index in [2.05, 4.69) is 10.1 Å². The zero-order valence-electron chi connectivity index (χ0n) is 7.11. The van der Waals surface area contributed by atoms with Crippen molar-refractivity contribution in [3.63, 3.8) is 0 Å². The highest BCUT2D eigenvalue weighted by Gasteiger charge is 1.99. The Balaban J connectivity index is 3.02. The van der Waals surface area contributed by atoms with Crippen LogP contribution >= 0.6 is 0 Å². The van der Waals surface area contributed by atoms with Gasteiger partial charge in [-0.3, -0.25) is 4.98 Å². The second-order valence-electron chi connectivity index (χ2n) is 2.30. The Kier molecular flexibility index (Phi) is 2.63. The molecule has 4 nitrogen and oxygen atoms in total. The van der Waals surface area contributed by atoms with Gasteiger partial charge in [-0.15, -0.1) is 0 Å². The van der Waals surface area contributed by atoms with Gasteiger partial charge < -0.3 is 10.6 Å². The van der Waals surface area contributed by atoms with Crippen LogP contribution in [0.1, 0.15) is 12.6 Å². The van der Waals surface area contributed by atoms with Gasteiger partial charge in [-0.2, -0.15) is 5.10 Å². The van der Waals surface area contributed by atoms with Crippen LogP contribution in [-0.4, -0.2) is 17.8 Å². The van der Waals surface area contributed by atoms with Crippen molar-refractivity contribution in [2.75, 3.05) is 7.11 Å². The predicted molar refractivity (Wildman–Crippen MR) is 47.2 cm³/mol. The van der Waals surface area contributed by atoms with Crippen molar-refractivity contribution in [1.82, 2.24) is 4.98 Å². The van der Waals surface area contributed by atoms with E-state index < -0.39 is 0 Å². The molecule has 0 saturated heterocycles. The molecule has 1 rings (SSSR count). The lowest BCUT2D eigenvalue weighted by Gasteiger charge is -2.01. The number of hydrazone groups is 1. The zero-order chi connectivity index (χ0) is 8.97. The van der Waals surface area contributed by atoms with Crippen molar-refractivity contribution in [2.45, 2.75) is 6.92 Å². The number of nitrogens with two attached hydrogens (primary N) is 1. The fraction of sp³-hybridized carbons (Fsp3) is 0.250. The molecule has 1 aromatic heterocycles. The lowest BCUT2D eigenvalue weighted by atomic mass is 10.2. The molecule has 0 radical (unpaired) electrons. The first-order valence-electron chi connectivity index (χ1n) is 3.53. The first kappa shape index (κ1) is 8.52. The van der Waals surface area contributed by atoms with Gasteiger partial charge in [-0.1, -0.05) is 0 Å². The van der Waals surface area contributed by atoms with Crippen LogP contribution < -0.4 is 10.6 Å². The van der Waals surface area contributed by atoms with Gasteiger partial charge in [0.05, 0.1) is 18.5 Å². The Labute approximate surface area is 71.1 Å². The number of hydrogen-bond donors (Lipinski definition) is 1. The van der Waals surface area contributed by atoms with E-state index in [0.29, 0.717) is 5.71 Å². The summed E-state index contributed by atoms with van der Waals surface area (Å²) in [5.41, 5.74) is 1.42. The lowest BCUT2D eigenvalue weighted by molar-refractivity contribution is 0.414. The molecule has 2 N–H and O–H groups in total. The molecule has 0 atom stereocenters. The SMILES string of the molecule is COc1ccnc(/C(C)=N\N)c1. The summed E-state index contributed by atoms with van der Waals surface area (Å²) < 4.78 is 5.01. The van der Waals surface area contributed by atoms with Gasteiger partial charge in [0.2, 0.25) is 0 Å². The topological polar surface area (TPSA) is 60.5 Å². The third-order valence-electron chi connectivity index (χ3n) is 1.53. The molecule has 0 spiro atoms. The van der Waals surface area contributed by atoms with Crippen LogP contribution in [0.25, 0.3) is 0 Å². The summed E-state index contributed by atoms with van der Waals surface area (Å²) in [7, 11) is 1.61. The van der Waals surface area contributed by atoms with E-state index in [1.165, 1.54) is 0 Å². The molecular formula is C8H11N3O. The molecule has 0 saturated carbocycles. The number of methoxy groups -OCH3 is 1. The van der Waals surface area contributed by atoms with Crippen LogP contribution in [0.2, 0.25) is 0 Å². The second kappa shape index (κ2) is 3.71. The van der Waals surface area contributed by atoms with Crippen LogP contribution in [0.3, 0.4) is 0 Å². The van der Waals surface area contributed by atoms with Gasteiger partial charge in [0.15, 0.2) is 0 Å². The Morgan fingerprint density at radius 1 is 1.67 bits per heavy atom. The van der Waals surface area contributed by atoms with E-state index in [-0.39, 0.29) is 0 Å². The third kappa shape index (κ3) is 1.72. The fourth-order valence-corrected chi connectivity index (χ4v) is 0.802. The smallest absolute Gasteiger partial charge is 0.122 e. The molecular weight excluding hydrogens is 154 g/mol. The maximum Gasteiger partial charge on any atom is 0.122 e. The van der Waals surface area contributed by atoms with Gasteiger partial charge in [-0.25, -0.2) is 0 Å². The number of aromatic nitrogens is 1. The van der Waals surface area contributed by atoms with Crippen LogP contribution in [0.5, 0.6) is 5.75 Å². The average molecular weight is 165 g/mol. The minimum atomic E-state index is 0.689. The molecule has 0 aromatic carbocycles. The zero-order valence-corrected chi connectivity index (χ0v) is 7.11. The molecule has 0 bridgehead atoms. The van der Waals surface area contributed by atoms with E-state index in [9.17, 15) is 0 Å². The van der Waals surface area contributed by atoms with Gasteiger partial charge >= 0.3 is 0 Å². The maximum absolute atomic E-state index is 5.10. The summed E-state index contributed by atoms with van der Waals surface area (Å²) >= 11 is 0. The number of hydrogen-bond acceptors (Lipinski definition) is 4. The molecule has 0 aliphatic carbocycles. The number of ether oxygens (including phenoxy) is 1. The molecule has 1 heterocycles. The van der Waals surface area contributed by atoms with Gasteiger partial charge in [0, 0.05) is 12.3 Å². The summed E-state index contributed by atoms with van der Waals surface area (Å²) in [6.45, 7) is 1.79. The predicted octanol–water partition coefficient (Wildman–Crippen LogP) is 0.773. The number of nitrogens with zero attached hydrogens (tertiary/aromatic N) is 2. The van der Waals surface area contributed by atoms with Crippen molar-refractivity contribution in [1.29, 1.82) is 0 Å². The Morgan fingerprint density at radius 3 is 3.00 bits per heavy atom. The molecule has 0 aliphatic rings. The van der Waals surface area contributed by atoms with E-state index in [1.807, 2.05) is 0 Å². The molecule has 0 aliphatic heterocycles. The van der Waals surface area contributed by atoms with Crippen molar-refractivity contribution in [2.24, 2.45) is 10.9 Å². The van der Waals surface area contributed by atoms with Crippen LogP contribution in [0.4, 0.5) is 0 Å². The average Bonchev–Trinajstić information content (AvgIpc) is 2.17. The molecule has 4 heteroatoms. The van der Waals surface area contributed by atoms with E-state index in [1.54, 1.807) is 32.4 Å². The van der Waals surface area contributed by atoms with E-state index in [4.69, 9.17) is 10.6 Å². The van der Waals surface area contributed by atoms with Crippen LogP contribution in [0, 0.1) is 0 Å². The van der Waals surface area contributed by atoms with Crippen LogP contribution in [-0.2, 0) is 0 Å². The second-order valence-corrected chi connectivity index (χ2v) is 2.30. The van der Waals surface area contributed by atoms with Gasteiger partial charge in [-0.05, 0) is 13.0 Å². The Hall–Kier alpha value is -1.58. The summed E-state index contributed by atoms with van der Waals surface area (Å²) in [5, 5.41) is 3.53. The third-order valence-corrected chi connectivity index (χ3v) is 1.53. The maximum atomic E-state index is 5.10. The largest absolute Gasteiger partial charge is 0.497 e. The highest BCUT2D eigenvalue weighted by molar-refractivity contribution is 5.96. The molecule has 12 heavy (non-hydrogen) atoms. The minimum absolute atomic E-state index is 0.689. The first-order chi connectivity index (χ1) is 5.77. The van der Waals surface area contributed by atoms with E-state index in [0.717, 1.165) is 11.4 Å². The lowest BCUT2D eigenvalue weighted by Crippen LogP contribution is -2.01. The van der Waals surface area contributed by atoms with E-state index >= 15 is 0 Å².